The number of fused-ring (bicyclic) bond motifs is 5. The first kappa shape index (κ1) is 4.95. The van der Waals surface area contributed by atoms with E-state index in [0.29, 0.717) is 0 Å². The summed E-state index contributed by atoms with van der Waals surface area (Å²) < 4.78 is 0. The molecule has 1 fully saturated rings. The first-order valence-electron chi connectivity index (χ1n) is 3.90. The molecule has 0 aromatic carbocycles. The van der Waals surface area contributed by atoms with Crippen LogP contribution in [0.15, 0.2) is 35.5 Å². The second kappa shape index (κ2) is 1.45. The second-order valence-corrected chi connectivity index (χ2v) is 3.21. The SMILES string of the molecule is C1=CC2C[C]1C1=CCC=C12. The summed E-state index contributed by atoms with van der Waals surface area (Å²) in [4.78, 5) is 0. The van der Waals surface area contributed by atoms with Crippen LogP contribution < -0.4 is 0 Å². The van der Waals surface area contributed by atoms with Crippen molar-refractivity contribution in [2.45, 2.75) is 12.8 Å². The molecule has 0 aromatic heterocycles. The van der Waals surface area contributed by atoms with Gasteiger partial charge >= 0.3 is 0 Å². The van der Waals surface area contributed by atoms with E-state index in [2.05, 4.69) is 24.3 Å². The van der Waals surface area contributed by atoms with Crippen molar-refractivity contribution in [3.8, 4) is 0 Å². The predicted molar refractivity (Wildman–Crippen MR) is 41.3 cm³/mol. The zero-order valence-electron chi connectivity index (χ0n) is 5.80. The molecule has 0 heterocycles. The molecule has 0 N–H and O–H groups in total. The fourth-order valence-corrected chi connectivity index (χ4v) is 2.22. The Balaban J connectivity index is 2.22. The summed E-state index contributed by atoms with van der Waals surface area (Å²) in [5.41, 5.74) is 3.17. The monoisotopic (exact) mass is 129 g/mol. The van der Waals surface area contributed by atoms with E-state index in [4.69, 9.17) is 0 Å². The standard InChI is InChI=1S/C10H9/c1-2-9-7-4-5-8(6-7)10(9)3-1/h2-5,7H,1,6H2. The second-order valence-electron chi connectivity index (χ2n) is 3.21. The zero-order chi connectivity index (χ0) is 6.55. The van der Waals surface area contributed by atoms with Crippen LogP contribution in [-0.2, 0) is 0 Å². The Morgan fingerprint density at radius 2 is 2.30 bits per heavy atom. The molecule has 1 unspecified atom stereocenters. The predicted octanol–water partition coefficient (Wildman–Crippen LogP) is 2.41. The van der Waals surface area contributed by atoms with Crippen LogP contribution in [0.2, 0.25) is 0 Å². The lowest BCUT2D eigenvalue weighted by Gasteiger charge is -2.06. The highest BCUT2D eigenvalue weighted by molar-refractivity contribution is 5.62. The minimum Gasteiger partial charge on any atom is -0.0800 e. The molecule has 0 spiro atoms. The van der Waals surface area contributed by atoms with Gasteiger partial charge in [0.05, 0.1) is 0 Å². The minimum atomic E-state index is 0.767. The maximum absolute atomic E-state index is 2.37. The molecule has 3 aliphatic rings. The fourth-order valence-electron chi connectivity index (χ4n) is 2.22. The topological polar surface area (TPSA) is 0 Å². The maximum Gasteiger partial charge on any atom is 0.0273 e. The summed E-state index contributed by atoms with van der Waals surface area (Å²) in [5, 5.41) is 0. The van der Waals surface area contributed by atoms with Crippen LogP contribution in [0, 0.1) is 11.8 Å². The molecule has 0 aromatic rings. The van der Waals surface area contributed by atoms with Gasteiger partial charge < -0.3 is 0 Å². The van der Waals surface area contributed by atoms with Crippen LogP contribution in [0.5, 0.6) is 0 Å². The third kappa shape index (κ3) is 0.406. The molecule has 10 heavy (non-hydrogen) atoms. The zero-order valence-corrected chi connectivity index (χ0v) is 5.80. The first-order chi connectivity index (χ1) is 4.95. The lowest BCUT2D eigenvalue weighted by Crippen LogP contribution is -1.91. The van der Waals surface area contributed by atoms with E-state index in [1.54, 1.807) is 17.1 Å². The summed E-state index contributed by atoms with van der Waals surface area (Å²) in [6.45, 7) is 0. The maximum atomic E-state index is 2.37. The van der Waals surface area contributed by atoms with Crippen molar-refractivity contribution in [3.63, 3.8) is 0 Å². The number of rotatable bonds is 0. The van der Waals surface area contributed by atoms with Crippen molar-refractivity contribution in [3.05, 3.63) is 41.4 Å². The molecule has 1 atom stereocenters. The van der Waals surface area contributed by atoms with E-state index in [1.165, 1.54) is 12.8 Å². The largest absolute Gasteiger partial charge is 0.0800 e. The Morgan fingerprint density at radius 1 is 1.30 bits per heavy atom. The third-order valence-electron chi connectivity index (χ3n) is 2.69. The molecule has 0 heteroatoms. The minimum absolute atomic E-state index is 0.767. The van der Waals surface area contributed by atoms with E-state index in [0.717, 1.165) is 5.92 Å². The quantitative estimate of drug-likeness (QED) is 0.471. The van der Waals surface area contributed by atoms with Gasteiger partial charge in [0, 0.05) is 11.8 Å². The van der Waals surface area contributed by atoms with Crippen molar-refractivity contribution in [1.29, 1.82) is 0 Å². The summed E-state index contributed by atoms with van der Waals surface area (Å²) >= 11 is 0. The van der Waals surface area contributed by atoms with Gasteiger partial charge in [-0.1, -0.05) is 24.3 Å². The molecule has 0 nitrogen and oxygen atoms in total. The molecule has 0 saturated heterocycles. The van der Waals surface area contributed by atoms with E-state index in [1.807, 2.05) is 0 Å². The van der Waals surface area contributed by atoms with Gasteiger partial charge in [-0.05, 0) is 24.0 Å². The van der Waals surface area contributed by atoms with Crippen molar-refractivity contribution < 1.29 is 0 Å². The van der Waals surface area contributed by atoms with Gasteiger partial charge in [-0.15, -0.1) is 0 Å². The molecule has 1 saturated carbocycles. The van der Waals surface area contributed by atoms with Crippen molar-refractivity contribution in [2.24, 2.45) is 5.92 Å². The molecule has 3 rings (SSSR count). The highest BCUT2D eigenvalue weighted by atomic mass is 14.4. The van der Waals surface area contributed by atoms with Crippen molar-refractivity contribution >= 4 is 0 Å². The fraction of sp³-hybridized carbons (Fsp3) is 0.300. The van der Waals surface area contributed by atoms with Crippen LogP contribution >= 0.6 is 0 Å². The van der Waals surface area contributed by atoms with E-state index in [-0.39, 0.29) is 0 Å². The first-order valence-corrected chi connectivity index (χ1v) is 3.90. The van der Waals surface area contributed by atoms with Crippen LogP contribution in [-0.4, -0.2) is 0 Å². The summed E-state index contributed by atoms with van der Waals surface area (Å²) in [5.74, 6) is 2.34. The normalized spacial score (nSPS) is 34.6. The lowest BCUT2D eigenvalue weighted by molar-refractivity contribution is 0.840. The van der Waals surface area contributed by atoms with Gasteiger partial charge in [-0.3, -0.25) is 0 Å². The summed E-state index contributed by atoms with van der Waals surface area (Å²) in [6.07, 6.45) is 11.8. The highest BCUT2D eigenvalue weighted by Gasteiger charge is 2.36. The summed E-state index contributed by atoms with van der Waals surface area (Å²) in [6, 6.07) is 0. The van der Waals surface area contributed by atoms with Crippen LogP contribution in [0.4, 0.5) is 0 Å². The third-order valence-corrected chi connectivity index (χ3v) is 2.69. The van der Waals surface area contributed by atoms with E-state index in [9.17, 15) is 0 Å². The molecule has 0 aliphatic heterocycles. The molecule has 2 bridgehead atoms. The van der Waals surface area contributed by atoms with E-state index < -0.39 is 0 Å². The van der Waals surface area contributed by atoms with Gasteiger partial charge in [0.15, 0.2) is 0 Å². The summed E-state index contributed by atoms with van der Waals surface area (Å²) in [7, 11) is 0. The van der Waals surface area contributed by atoms with Gasteiger partial charge in [0.2, 0.25) is 0 Å². The lowest BCUT2D eigenvalue weighted by atomic mass is 9.98. The number of hydrogen-bond donors (Lipinski definition) is 0. The van der Waals surface area contributed by atoms with Crippen LogP contribution in [0.25, 0.3) is 0 Å². The Labute approximate surface area is 60.9 Å². The molecule has 49 valence electrons. The van der Waals surface area contributed by atoms with Crippen LogP contribution in [0.3, 0.4) is 0 Å². The molecule has 1 radical (unpaired) electrons. The Bertz CT molecular complexity index is 240. The van der Waals surface area contributed by atoms with Gasteiger partial charge in [-0.2, -0.15) is 0 Å². The Hall–Kier alpha value is -0.780. The molecular weight excluding hydrogens is 120 g/mol. The van der Waals surface area contributed by atoms with Crippen LogP contribution in [0.1, 0.15) is 12.8 Å². The average molecular weight is 129 g/mol. The number of allylic oxidation sites excluding steroid dienone is 6. The Kier molecular flexibility index (Phi) is 0.715. The molecular formula is C10H9. The average Bonchev–Trinajstić information content (AvgIpc) is 2.60. The van der Waals surface area contributed by atoms with Gasteiger partial charge in [0.1, 0.15) is 0 Å². The Morgan fingerprint density at radius 3 is 3.20 bits per heavy atom. The smallest absolute Gasteiger partial charge is 0.0273 e. The molecule has 3 aliphatic carbocycles. The van der Waals surface area contributed by atoms with Gasteiger partial charge in [-0.25, -0.2) is 0 Å². The number of hydrogen-bond acceptors (Lipinski definition) is 0. The highest BCUT2D eigenvalue weighted by Crippen LogP contribution is 2.50. The molecule has 0 amide bonds. The van der Waals surface area contributed by atoms with Gasteiger partial charge in [0.25, 0.3) is 0 Å². The van der Waals surface area contributed by atoms with Crippen molar-refractivity contribution in [1.82, 2.24) is 0 Å². The van der Waals surface area contributed by atoms with Crippen molar-refractivity contribution in [2.75, 3.05) is 0 Å². The van der Waals surface area contributed by atoms with E-state index >= 15 is 0 Å².